The molecule has 6 nitrogen and oxygen atoms in total. The fourth-order valence-corrected chi connectivity index (χ4v) is 2.66. The Hall–Kier alpha value is -3.51. The number of aromatic nitrogens is 1. The lowest BCUT2D eigenvalue weighted by atomic mass is 10.1. The number of hydrazone groups is 1. The lowest BCUT2D eigenvalue weighted by molar-refractivity contribution is 0.0956. The molecule has 0 bridgehead atoms. The van der Waals surface area contributed by atoms with Crippen LogP contribution >= 0.6 is 11.6 Å². The molecule has 1 heterocycles. The van der Waals surface area contributed by atoms with Gasteiger partial charge in [0.1, 0.15) is 0 Å². The number of benzene rings is 2. The molecule has 0 radical (unpaired) electrons. The molecular formula is C21H17ClN4O2. The first-order valence-corrected chi connectivity index (χ1v) is 8.82. The first-order chi connectivity index (χ1) is 13.5. The maximum absolute atomic E-state index is 12.5. The van der Waals surface area contributed by atoms with Gasteiger partial charge in [-0.15, -0.1) is 0 Å². The van der Waals surface area contributed by atoms with Gasteiger partial charge in [0, 0.05) is 23.0 Å². The fourth-order valence-electron chi connectivity index (χ4n) is 2.49. The molecule has 0 saturated carbocycles. The maximum Gasteiger partial charge on any atom is 0.273 e. The van der Waals surface area contributed by atoms with Crippen LogP contribution in [0.25, 0.3) is 0 Å². The summed E-state index contributed by atoms with van der Waals surface area (Å²) in [5.41, 5.74) is 5.36. The van der Waals surface area contributed by atoms with Crippen LogP contribution in [-0.4, -0.2) is 23.0 Å². The molecule has 1 aromatic heterocycles. The minimum atomic E-state index is -0.489. The van der Waals surface area contributed by atoms with Crippen molar-refractivity contribution in [3.63, 3.8) is 0 Å². The van der Waals surface area contributed by atoms with Crippen LogP contribution in [0.1, 0.15) is 31.8 Å². The van der Waals surface area contributed by atoms with E-state index in [0.717, 1.165) is 11.1 Å². The molecule has 0 aliphatic carbocycles. The third-order valence-corrected chi connectivity index (χ3v) is 4.07. The molecule has 3 aromatic rings. The molecule has 0 unspecified atom stereocenters. The van der Waals surface area contributed by atoms with E-state index in [1.54, 1.807) is 30.5 Å². The minimum absolute atomic E-state index is 0.205. The predicted octanol–water partition coefficient (Wildman–Crippen LogP) is 4.06. The van der Waals surface area contributed by atoms with Crippen LogP contribution in [0.2, 0.25) is 5.02 Å². The van der Waals surface area contributed by atoms with Gasteiger partial charge in [-0.3, -0.25) is 14.6 Å². The molecule has 0 spiro atoms. The van der Waals surface area contributed by atoms with Gasteiger partial charge < -0.3 is 5.32 Å². The van der Waals surface area contributed by atoms with Crippen molar-refractivity contribution in [3.05, 3.63) is 94.3 Å². The molecule has 0 saturated heterocycles. The second-order valence-electron chi connectivity index (χ2n) is 5.99. The molecular weight excluding hydrogens is 376 g/mol. The van der Waals surface area contributed by atoms with Crippen molar-refractivity contribution in [3.8, 4) is 0 Å². The van der Waals surface area contributed by atoms with E-state index in [1.165, 1.54) is 18.5 Å². The maximum atomic E-state index is 12.5. The number of carbonyl (C=O) groups excluding carboxylic acids is 2. The van der Waals surface area contributed by atoms with Crippen molar-refractivity contribution in [1.82, 2.24) is 10.4 Å². The first kappa shape index (κ1) is 19.3. The molecule has 2 amide bonds. The number of anilines is 1. The standard InChI is InChI=1S/C21H17ClN4O2/c1-14-3-2-4-15(11-14)13-24-26-21(28)18-12-17(22)5-6-19(18)25-20(27)16-7-9-23-10-8-16/h2-13H,1H3,(H,25,27)(H,26,28). The molecule has 0 atom stereocenters. The highest BCUT2D eigenvalue weighted by molar-refractivity contribution is 6.31. The van der Waals surface area contributed by atoms with E-state index in [2.05, 4.69) is 20.8 Å². The Morgan fingerprint density at radius 2 is 1.82 bits per heavy atom. The number of aryl methyl sites for hydroxylation is 1. The number of nitrogens with one attached hydrogen (secondary N) is 2. The van der Waals surface area contributed by atoms with E-state index >= 15 is 0 Å². The Morgan fingerprint density at radius 1 is 1.04 bits per heavy atom. The Morgan fingerprint density at radius 3 is 2.57 bits per heavy atom. The molecule has 140 valence electrons. The van der Waals surface area contributed by atoms with Gasteiger partial charge in [0.05, 0.1) is 17.5 Å². The summed E-state index contributed by atoms with van der Waals surface area (Å²) in [6.07, 6.45) is 4.58. The van der Waals surface area contributed by atoms with Gasteiger partial charge in [-0.1, -0.05) is 41.4 Å². The second-order valence-corrected chi connectivity index (χ2v) is 6.43. The minimum Gasteiger partial charge on any atom is -0.321 e. The lowest BCUT2D eigenvalue weighted by Gasteiger charge is -2.10. The van der Waals surface area contributed by atoms with Crippen LogP contribution in [0.3, 0.4) is 0 Å². The van der Waals surface area contributed by atoms with Crippen LogP contribution in [0.5, 0.6) is 0 Å². The normalized spacial score (nSPS) is 10.6. The highest BCUT2D eigenvalue weighted by Crippen LogP contribution is 2.21. The number of nitrogens with zero attached hydrogens (tertiary/aromatic N) is 2. The van der Waals surface area contributed by atoms with Gasteiger partial charge in [-0.2, -0.15) is 5.10 Å². The summed E-state index contributed by atoms with van der Waals surface area (Å²) < 4.78 is 0. The monoisotopic (exact) mass is 392 g/mol. The third kappa shape index (κ3) is 5.02. The van der Waals surface area contributed by atoms with Crippen LogP contribution in [0.15, 0.2) is 72.1 Å². The van der Waals surface area contributed by atoms with Gasteiger partial charge in [0.2, 0.25) is 0 Å². The van der Waals surface area contributed by atoms with Crippen molar-refractivity contribution in [2.45, 2.75) is 6.92 Å². The highest BCUT2D eigenvalue weighted by atomic mass is 35.5. The molecule has 0 fully saturated rings. The average Bonchev–Trinajstić information content (AvgIpc) is 2.70. The summed E-state index contributed by atoms with van der Waals surface area (Å²) in [7, 11) is 0. The van der Waals surface area contributed by atoms with Crippen LogP contribution in [0.4, 0.5) is 5.69 Å². The summed E-state index contributed by atoms with van der Waals surface area (Å²) in [4.78, 5) is 28.8. The number of halogens is 1. The van der Waals surface area contributed by atoms with Crippen molar-refractivity contribution >= 4 is 35.3 Å². The van der Waals surface area contributed by atoms with Crippen LogP contribution < -0.4 is 10.7 Å². The van der Waals surface area contributed by atoms with Gasteiger partial charge in [-0.05, 0) is 42.8 Å². The largest absolute Gasteiger partial charge is 0.321 e. The molecule has 7 heteroatoms. The smallest absolute Gasteiger partial charge is 0.273 e. The molecule has 28 heavy (non-hydrogen) atoms. The van der Waals surface area contributed by atoms with E-state index in [-0.39, 0.29) is 11.5 Å². The van der Waals surface area contributed by atoms with Gasteiger partial charge in [-0.25, -0.2) is 5.43 Å². The summed E-state index contributed by atoms with van der Waals surface area (Å²) in [5, 5.41) is 7.06. The summed E-state index contributed by atoms with van der Waals surface area (Å²) in [5.74, 6) is -0.849. The summed E-state index contributed by atoms with van der Waals surface area (Å²) in [6.45, 7) is 1.97. The molecule has 0 aliphatic heterocycles. The number of rotatable bonds is 5. The van der Waals surface area contributed by atoms with E-state index in [9.17, 15) is 9.59 Å². The van der Waals surface area contributed by atoms with Crippen LogP contribution in [-0.2, 0) is 0 Å². The molecule has 3 rings (SSSR count). The van der Waals surface area contributed by atoms with Gasteiger partial charge in [0.15, 0.2) is 0 Å². The topological polar surface area (TPSA) is 83.5 Å². The first-order valence-electron chi connectivity index (χ1n) is 8.44. The van der Waals surface area contributed by atoms with Crippen molar-refractivity contribution in [2.24, 2.45) is 5.10 Å². The number of hydrogen-bond acceptors (Lipinski definition) is 4. The summed E-state index contributed by atoms with van der Waals surface area (Å²) >= 11 is 6.02. The predicted molar refractivity (Wildman–Crippen MR) is 110 cm³/mol. The van der Waals surface area contributed by atoms with Crippen molar-refractivity contribution in [2.75, 3.05) is 5.32 Å². The fraction of sp³-hybridized carbons (Fsp3) is 0.0476. The van der Waals surface area contributed by atoms with Gasteiger partial charge >= 0.3 is 0 Å². The van der Waals surface area contributed by atoms with Crippen LogP contribution in [0, 0.1) is 6.92 Å². The molecule has 2 N–H and O–H groups in total. The highest BCUT2D eigenvalue weighted by Gasteiger charge is 2.15. The van der Waals surface area contributed by atoms with Crippen molar-refractivity contribution in [1.29, 1.82) is 0 Å². The van der Waals surface area contributed by atoms with Crippen molar-refractivity contribution < 1.29 is 9.59 Å². The zero-order chi connectivity index (χ0) is 19.9. The number of pyridine rings is 1. The Balaban J connectivity index is 1.76. The lowest BCUT2D eigenvalue weighted by Crippen LogP contribution is -2.21. The second kappa shape index (κ2) is 8.92. The molecule has 2 aromatic carbocycles. The van der Waals surface area contributed by atoms with E-state index in [4.69, 9.17) is 11.6 Å². The number of carbonyl (C=O) groups is 2. The zero-order valence-electron chi connectivity index (χ0n) is 15.0. The third-order valence-electron chi connectivity index (χ3n) is 3.84. The Kier molecular flexibility index (Phi) is 6.14. The van der Waals surface area contributed by atoms with Gasteiger partial charge in [0.25, 0.3) is 11.8 Å². The Bertz CT molecular complexity index is 1040. The Labute approximate surface area is 167 Å². The quantitative estimate of drug-likeness (QED) is 0.507. The number of hydrogen-bond donors (Lipinski definition) is 2. The zero-order valence-corrected chi connectivity index (χ0v) is 15.8. The number of amides is 2. The SMILES string of the molecule is Cc1cccc(C=NNC(=O)c2cc(Cl)ccc2NC(=O)c2ccncc2)c1. The average molecular weight is 393 g/mol. The van der Waals surface area contributed by atoms with E-state index in [0.29, 0.717) is 16.3 Å². The van der Waals surface area contributed by atoms with E-state index < -0.39 is 5.91 Å². The molecule has 0 aliphatic rings. The summed E-state index contributed by atoms with van der Waals surface area (Å²) in [6, 6.07) is 15.5. The van der Waals surface area contributed by atoms with E-state index in [1.807, 2.05) is 31.2 Å².